The first-order chi connectivity index (χ1) is 9.72. The van der Waals surface area contributed by atoms with Crippen molar-refractivity contribution in [3.05, 3.63) is 29.3 Å². The molecule has 1 aliphatic rings. The lowest BCUT2D eigenvalue weighted by Crippen LogP contribution is -2.47. The molecule has 0 spiro atoms. The maximum absolute atomic E-state index is 11.4. The molecule has 3 N–H and O–H groups in total. The number of rotatable bonds is 3. The molecular weight excluding hydrogens is 254 g/mol. The normalized spacial score (nSPS) is 15.2. The minimum absolute atomic E-state index is 0.0636. The lowest BCUT2D eigenvalue weighted by molar-refractivity contribution is -0.124. The maximum Gasteiger partial charge on any atom is 0.234 e. The number of carbonyl (C=O) groups excluding carboxylic acids is 1. The Labute approximate surface area is 119 Å². The fourth-order valence-electron chi connectivity index (χ4n) is 2.16. The number of benzene rings is 1. The van der Waals surface area contributed by atoms with E-state index in [1.54, 1.807) is 7.11 Å². The zero-order valence-electron chi connectivity index (χ0n) is 11.6. The second-order valence-electron chi connectivity index (χ2n) is 4.59. The van der Waals surface area contributed by atoms with Crippen LogP contribution in [0.4, 0.5) is 0 Å². The van der Waals surface area contributed by atoms with Crippen LogP contribution >= 0.6 is 0 Å². The highest BCUT2D eigenvalue weighted by molar-refractivity contribution is 5.78. The SMILES string of the molecule is COc1ccc(C#CCN)c(CN2CCNC(=O)C2)c1. The van der Waals surface area contributed by atoms with Gasteiger partial charge in [0.05, 0.1) is 20.2 Å². The fourth-order valence-corrected chi connectivity index (χ4v) is 2.16. The van der Waals surface area contributed by atoms with Gasteiger partial charge in [-0.2, -0.15) is 0 Å². The molecular formula is C15H19N3O2. The Bertz CT molecular complexity index is 546. The van der Waals surface area contributed by atoms with Crippen LogP contribution in [0.15, 0.2) is 18.2 Å². The molecule has 1 aliphatic heterocycles. The molecule has 0 aliphatic carbocycles. The minimum atomic E-state index is 0.0636. The molecule has 2 rings (SSSR count). The van der Waals surface area contributed by atoms with E-state index in [0.717, 1.165) is 23.4 Å². The third-order valence-corrected chi connectivity index (χ3v) is 3.15. The zero-order chi connectivity index (χ0) is 14.4. The summed E-state index contributed by atoms with van der Waals surface area (Å²) in [6.45, 7) is 2.96. The Morgan fingerprint density at radius 3 is 3.05 bits per heavy atom. The molecule has 1 fully saturated rings. The van der Waals surface area contributed by atoms with Crippen molar-refractivity contribution in [3.63, 3.8) is 0 Å². The van der Waals surface area contributed by atoms with Crippen molar-refractivity contribution in [1.82, 2.24) is 10.2 Å². The van der Waals surface area contributed by atoms with Crippen LogP contribution < -0.4 is 15.8 Å². The summed E-state index contributed by atoms with van der Waals surface area (Å²) in [6.07, 6.45) is 0. The first kappa shape index (κ1) is 14.4. The van der Waals surface area contributed by atoms with Crippen molar-refractivity contribution in [3.8, 4) is 17.6 Å². The topological polar surface area (TPSA) is 67.6 Å². The van der Waals surface area contributed by atoms with Gasteiger partial charge < -0.3 is 15.8 Å². The fraction of sp³-hybridized carbons (Fsp3) is 0.400. The number of ether oxygens (including phenoxy) is 1. The number of nitrogens with two attached hydrogens (primary N) is 1. The molecule has 0 atom stereocenters. The molecule has 20 heavy (non-hydrogen) atoms. The van der Waals surface area contributed by atoms with Gasteiger partial charge >= 0.3 is 0 Å². The highest BCUT2D eigenvalue weighted by Crippen LogP contribution is 2.19. The molecule has 1 heterocycles. The van der Waals surface area contributed by atoms with Crippen LogP contribution in [0.2, 0.25) is 0 Å². The first-order valence-corrected chi connectivity index (χ1v) is 6.58. The second-order valence-corrected chi connectivity index (χ2v) is 4.59. The quantitative estimate of drug-likeness (QED) is 0.757. The van der Waals surface area contributed by atoms with Crippen LogP contribution in [0.1, 0.15) is 11.1 Å². The molecule has 106 valence electrons. The summed E-state index contributed by atoms with van der Waals surface area (Å²) < 4.78 is 5.25. The summed E-state index contributed by atoms with van der Waals surface area (Å²) in [5.41, 5.74) is 7.41. The van der Waals surface area contributed by atoms with E-state index >= 15 is 0 Å². The molecule has 1 aromatic rings. The summed E-state index contributed by atoms with van der Waals surface area (Å²) in [5, 5.41) is 2.82. The summed E-state index contributed by atoms with van der Waals surface area (Å²) in [4.78, 5) is 13.5. The number of methoxy groups -OCH3 is 1. The van der Waals surface area contributed by atoms with E-state index in [-0.39, 0.29) is 5.91 Å². The monoisotopic (exact) mass is 273 g/mol. The van der Waals surface area contributed by atoms with Crippen molar-refractivity contribution in [2.75, 3.05) is 33.3 Å². The molecule has 5 nitrogen and oxygen atoms in total. The maximum atomic E-state index is 11.4. The smallest absolute Gasteiger partial charge is 0.234 e. The van der Waals surface area contributed by atoms with Gasteiger partial charge in [-0.25, -0.2) is 0 Å². The van der Waals surface area contributed by atoms with E-state index in [1.165, 1.54) is 0 Å². The van der Waals surface area contributed by atoms with Gasteiger partial charge in [-0.05, 0) is 23.8 Å². The van der Waals surface area contributed by atoms with E-state index in [4.69, 9.17) is 10.5 Å². The average molecular weight is 273 g/mol. The first-order valence-electron chi connectivity index (χ1n) is 6.58. The van der Waals surface area contributed by atoms with Gasteiger partial charge in [0.25, 0.3) is 0 Å². The van der Waals surface area contributed by atoms with E-state index < -0.39 is 0 Å². The highest BCUT2D eigenvalue weighted by Gasteiger charge is 2.17. The summed E-state index contributed by atoms with van der Waals surface area (Å²) in [5.74, 6) is 6.79. The Balaban J connectivity index is 2.20. The number of hydrogen-bond donors (Lipinski definition) is 2. The minimum Gasteiger partial charge on any atom is -0.497 e. The zero-order valence-corrected chi connectivity index (χ0v) is 11.6. The molecule has 0 unspecified atom stereocenters. The van der Waals surface area contributed by atoms with Crippen molar-refractivity contribution < 1.29 is 9.53 Å². The number of amides is 1. The Morgan fingerprint density at radius 1 is 1.50 bits per heavy atom. The number of nitrogens with zero attached hydrogens (tertiary/aromatic N) is 1. The van der Waals surface area contributed by atoms with E-state index in [9.17, 15) is 4.79 Å². The summed E-state index contributed by atoms with van der Waals surface area (Å²) in [7, 11) is 1.64. The summed E-state index contributed by atoms with van der Waals surface area (Å²) in [6, 6.07) is 5.78. The molecule has 0 aromatic heterocycles. The highest BCUT2D eigenvalue weighted by atomic mass is 16.5. The van der Waals surface area contributed by atoms with Crippen LogP contribution in [0.25, 0.3) is 0 Å². The largest absolute Gasteiger partial charge is 0.497 e. The van der Waals surface area contributed by atoms with Gasteiger partial charge in [0.2, 0.25) is 5.91 Å². The second kappa shape index (κ2) is 6.94. The van der Waals surface area contributed by atoms with E-state index in [1.807, 2.05) is 18.2 Å². The van der Waals surface area contributed by atoms with Gasteiger partial charge in [0.15, 0.2) is 0 Å². The van der Waals surface area contributed by atoms with E-state index in [0.29, 0.717) is 26.2 Å². The molecule has 0 bridgehead atoms. The molecule has 0 radical (unpaired) electrons. The van der Waals surface area contributed by atoms with Crippen molar-refractivity contribution in [1.29, 1.82) is 0 Å². The molecule has 5 heteroatoms. The third-order valence-electron chi connectivity index (χ3n) is 3.15. The number of nitrogens with one attached hydrogen (secondary N) is 1. The number of hydrogen-bond acceptors (Lipinski definition) is 4. The Morgan fingerprint density at radius 2 is 2.35 bits per heavy atom. The number of piperazine rings is 1. The van der Waals surface area contributed by atoms with Crippen LogP contribution in [-0.2, 0) is 11.3 Å². The Hall–Kier alpha value is -2.03. The van der Waals surface area contributed by atoms with Gasteiger partial charge in [0, 0.05) is 25.2 Å². The van der Waals surface area contributed by atoms with Crippen molar-refractivity contribution in [2.24, 2.45) is 5.73 Å². The van der Waals surface area contributed by atoms with Crippen LogP contribution in [-0.4, -0.2) is 44.1 Å². The van der Waals surface area contributed by atoms with Crippen molar-refractivity contribution >= 4 is 5.91 Å². The van der Waals surface area contributed by atoms with Gasteiger partial charge in [-0.1, -0.05) is 11.8 Å². The average Bonchev–Trinajstić information content (AvgIpc) is 2.46. The molecule has 0 saturated carbocycles. The molecule has 1 amide bonds. The van der Waals surface area contributed by atoms with Gasteiger partial charge in [0.1, 0.15) is 5.75 Å². The number of carbonyl (C=O) groups is 1. The van der Waals surface area contributed by atoms with E-state index in [2.05, 4.69) is 22.1 Å². The predicted molar refractivity (Wildman–Crippen MR) is 77.2 cm³/mol. The lowest BCUT2D eigenvalue weighted by Gasteiger charge is -2.26. The van der Waals surface area contributed by atoms with Crippen LogP contribution in [0.3, 0.4) is 0 Å². The van der Waals surface area contributed by atoms with Crippen LogP contribution in [0.5, 0.6) is 5.75 Å². The lowest BCUT2D eigenvalue weighted by atomic mass is 10.1. The van der Waals surface area contributed by atoms with Gasteiger partial charge in [-0.3, -0.25) is 9.69 Å². The Kier molecular flexibility index (Phi) is 4.99. The van der Waals surface area contributed by atoms with Gasteiger partial charge in [-0.15, -0.1) is 0 Å². The van der Waals surface area contributed by atoms with Crippen LogP contribution in [0, 0.1) is 11.8 Å². The van der Waals surface area contributed by atoms with Crippen molar-refractivity contribution in [2.45, 2.75) is 6.54 Å². The standard InChI is InChI=1S/C15H19N3O2/c1-20-14-5-4-12(3-2-6-16)13(9-14)10-18-8-7-17-15(19)11-18/h4-5,9H,6-8,10-11,16H2,1H3,(H,17,19). The third kappa shape index (κ3) is 3.73. The molecule has 1 saturated heterocycles. The predicted octanol–water partition coefficient (Wildman–Crippen LogP) is -0.0628. The summed E-state index contributed by atoms with van der Waals surface area (Å²) >= 11 is 0. The molecule has 1 aromatic carbocycles.